The van der Waals surface area contributed by atoms with Crippen LogP contribution in [0, 0.1) is 0 Å². The largest absolute Gasteiger partial charge is 0.367 e. The SMILES string of the molecule is Clc1cccc(N2CCc3ccccc3C2)c1CBr. The molecule has 2 aromatic carbocycles. The van der Waals surface area contributed by atoms with Gasteiger partial charge in [-0.15, -0.1) is 0 Å². The molecule has 19 heavy (non-hydrogen) atoms. The second kappa shape index (κ2) is 5.56. The fourth-order valence-corrected chi connectivity index (χ4v) is 3.66. The Morgan fingerprint density at radius 3 is 2.63 bits per heavy atom. The van der Waals surface area contributed by atoms with E-state index in [2.05, 4.69) is 51.2 Å². The van der Waals surface area contributed by atoms with Crippen LogP contribution in [-0.2, 0) is 18.3 Å². The van der Waals surface area contributed by atoms with Crippen molar-refractivity contribution in [2.45, 2.75) is 18.3 Å². The van der Waals surface area contributed by atoms with Crippen molar-refractivity contribution >= 4 is 33.2 Å². The quantitative estimate of drug-likeness (QED) is 0.712. The molecule has 0 radical (unpaired) electrons. The molecule has 3 rings (SSSR count). The molecule has 0 spiro atoms. The van der Waals surface area contributed by atoms with E-state index in [1.165, 1.54) is 22.4 Å². The Hall–Kier alpha value is -0.990. The molecule has 0 saturated heterocycles. The molecule has 0 aliphatic carbocycles. The minimum Gasteiger partial charge on any atom is -0.367 e. The van der Waals surface area contributed by atoms with E-state index in [0.29, 0.717) is 0 Å². The number of alkyl halides is 1. The first kappa shape index (κ1) is 13.0. The summed E-state index contributed by atoms with van der Waals surface area (Å²) in [6.07, 6.45) is 1.10. The minimum atomic E-state index is 0.792. The van der Waals surface area contributed by atoms with Gasteiger partial charge in [-0.1, -0.05) is 57.9 Å². The van der Waals surface area contributed by atoms with E-state index in [4.69, 9.17) is 11.6 Å². The van der Waals surface area contributed by atoms with Gasteiger partial charge < -0.3 is 4.90 Å². The number of anilines is 1. The first-order valence-electron chi connectivity index (χ1n) is 6.44. The van der Waals surface area contributed by atoms with Crippen molar-refractivity contribution in [2.24, 2.45) is 0 Å². The third-order valence-electron chi connectivity index (χ3n) is 3.70. The molecule has 1 aliphatic heterocycles. The van der Waals surface area contributed by atoms with Gasteiger partial charge in [0.25, 0.3) is 0 Å². The fourth-order valence-electron chi connectivity index (χ4n) is 2.68. The molecule has 0 N–H and O–H groups in total. The summed E-state index contributed by atoms with van der Waals surface area (Å²) >= 11 is 9.84. The van der Waals surface area contributed by atoms with Crippen LogP contribution in [-0.4, -0.2) is 6.54 Å². The van der Waals surface area contributed by atoms with Crippen LogP contribution in [0.3, 0.4) is 0 Å². The van der Waals surface area contributed by atoms with Gasteiger partial charge in [-0.25, -0.2) is 0 Å². The average Bonchev–Trinajstić information content (AvgIpc) is 2.46. The summed E-state index contributed by atoms with van der Waals surface area (Å²) < 4.78 is 0. The lowest BCUT2D eigenvalue weighted by Gasteiger charge is -2.32. The smallest absolute Gasteiger partial charge is 0.0467 e. The maximum absolute atomic E-state index is 6.29. The lowest BCUT2D eigenvalue weighted by atomic mass is 9.99. The van der Waals surface area contributed by atoms with E-state index in [-0.39, 0.29) is 0 Å². The molecule has 0 unspecified atom stereocenters. The second-order valence-electron chi connectivity index (χ2n) is 4.81. The highest BCUT2D eigenvalue weighted by atomic mass is 79.9. The van der Waals surface area contributed by atoms with Crippen LogP contribution < -0.4 is 4.90 Å². The third kappa shape index (κ3) is 2.52. The summed E-state index contributed by atoms with van der Waals surface area (Å²) in [6.45, 7) is 2.02. The van der Waals surface area contributed by atoms with Crippen LogP contribution in [0.1, 0.15) is 16.7 Å². The van der Waals surface area contributed by atoms with Crippen molar-refractivity contribution in [3.05, 3.63) is 64.2 Å². The zero-order valence-electron chi connectivity index (χ0n) is 10.6. The van der Waals surface area contributed by atoms with Gasteiger partial charge in [0.2, 0.25) is 0 Å². The first-order chi connectivity index (χ1) is 9.29. The maximum Gasteiger partial charge on any atom is 0.0467 e. The molecule has 1 heterocycles. The van der Waals surface area contributed by atoms with Gasteiger partial charge in [0.15, 0.2) is 0 Å². The van der Waals surface area contributed by atoms with Crippen molar-refractivity contribution in [1.82, 2.24) is 0 Å². The van der Waals surface area contributed by atoms with Gasteiger partial charge in [-0.05, 0) is 29.7 Å². The number of benzene rings is 2. The molecular formula is C16H15BrClN. The Morgan fingerprint density at radius 2 is 1.84 bits per heavy atom. The molecular weight excluding hydrogens is 322 g/mol. The highest BCUT2D eigenvalue weighted by molar-refractivity contribution is 9.08. The van der Waals surface area contributed by atoms with Crippen LogP contribution in [0.4, 0.5) is 5.69 Å². The molecule has 1 nitrogen and oxygen atoms in total. The number of rotatable bonds is 2. The van der Waals surface area contributed by atoms with Crippen molar-refractivity contribution in [2.75, 3.05) is 11.4 Å². The Balaban J connectivity index is 1.95. The summed E-state index contributed by atoms with van der Waals surface area (Å²) in [5, 5.41) is 1.63. The molecule has 1 aliphatic rings. The topological polar surface area (TPSA) is 3.24 Å². The van der Waals surface area contributed by atoms with Crippen molar-refractivity contribution in [3.63, 3.8) is 0 Å². The molecule has 98 valence electrons. The summed E-state index contributed by atoms with van der Waals surface area (Å²) in [6, 6.07) is 14.8. The lowest BCUT2D eigenvalue weighted by molar-refractivity contribution is 0.729. The third-order valence-corrected chi connectivity index (χ3v) is 4.61. The van der Waals surface area contributed by atoms with E-state index >= 15 is 0 Å². The first-order valence-corrected chi connectivity index (χ1v) is 7.94. The standard InChI is InChI=1S/C16H15BrClN/c17-10-14-15(18)6-3-7-16(14)19-9-8-12-4-1-2-5-13(12)11-19/h1-7H,8-11H2. The molecule has 0 amide bonds. The number of hydrogen-bond donors (Lipinski definition) is 0. The molecule has 0 saturated carbocycles. The Morgan fingerprint density at radius 1 is 1.05 bits per heavy atom. The van der Waals surface area contributed by atoms with E-state index in [0.717, 1.165) is 29.9 Å². The zero-order valence-corrected chi connectivity index (χ0v) is 12.9. The molecule has 3 heteroatoms. The van der Waals surface area contributed by atoms with Crippen LogP contribution in [0.2, 0.25) is 5.02 Å². The van der Waals surface area contributed by atoms with Gasteiger partial charge in [-0.3, -0.25) is 0 Å². The van der Waals surface area contributed by atoms with Gasteiger partial charge >= 0.3 is 0 Å². The van der Waals surface area contributed by atoms with Crippen molar-refractivity contribution in [3.8, 4) is 0 Å². The summed E-state index contributed by atoms with van der Waals surface area (Å²) in [4.78, 5) is 2.42. The predicted octanol–water partition coefficient (Wildman–Crippen LogP) is 4.80. The molecule has 0 aromatic heterocycles. The number of halogens is 2. The monoisotopic (exact) mass is 335 g/mol. The lowest BCUT2D eigenvalue weighted by Crippen LogP contribution is -2.31. The molecule has 2 aromatic rings. The van der Waals surface area contributed by atoms with Crippen LogP contribution in [0.25, 0.3) is 0 Å². The van der Waals surface area contributed by atoms with Crippen molar-refractivity contribution in [1.29, 1.82) is 0 Å². The van der Waals surface area contributed by atoms with Crippen LogP contribution in [0.5, 0.6) is 0 Å². The highest BCUT2D eigenvalue weighted by Crippen LogP contribution is 2.32. The minimum absolute atomic E-state index is 0.792. The highest BCUT2D eigenvalue weighted by Gasteiger charge is 2.18. The fraction of sp³-hybridized carbons (Fsp3) is 0.250. The Kier molecular flexibility index (Phi) is 3.81. The number of hydrogen-bond acceptors (Lipinski definition) is 1. The molecule has 0 fully saturated rings. The van der Waals surface area contributed by atoms with E-state index in [9.17, 15) is 0 Å². The van der Waals surface area contributed by atoms with Gasteiger partial charge in [-0.2, -0.15) is 0 Å². The van der Waals surface area contributed by atoms with Gasteiger partial charge in [0.05, 0.1) is 0 Å². The van der Waals surface area contributed by atoms with E-state index < -0.39 is 0 Å². The Bertz CT molecular complexity index is 597. The zero-order chi connectivity index (χ0) is 13.2. The predicted molar refractivity (Wildman–Crippen MR) is 85.3 cm³/mol. The number of fused-ring (bicyclic) bond motifs is 1. The second-order valence-corrected chi connectivity index (χ2v) is 5.78. The van der Waals surface area contributed by atoms with Crippen molar-refractivity contribution < 1.29 is 0 Å². The van der Waals surface area contributed by atoms with E-state index in [1.54, 1.807) is 0 Å². The normalized spacial score (nSPS) is 14.3. The van der Waals surface area contributed by atoms with Crippen LogP contribution >= 0.6 is 27.5 Å². The number of nitrogens with zero attached hydrogens (tertiary/aromatic N) is 1. The molecule has 0 bridgehead atoms. The van der Waals surface area contributed by atoms with Crippen LogP contribution in [0.15, 0.2) is 42.5 Å². The molecule has 0 atom stereocenters. The summed E-state index contributed by atoms with van der Waals surface area (Å²) in [7, 11) is 0. The van der Waals surface area contributed by atoms with E-state index in [1.807, 2.05) is 12.1 Å². The maximum atomic E-state index is 6.29. The Labute approximate surface area is 127 Å². The summed E-state index contributed by atoms with van der Waals surface area (Å²) in [5.74, 6) is 0. The average molecular weight is 337 g/mol. The summed E-state index contributed by atoms with van der Waals surface area (Å²) in [5.41, 5.74) is 5.33. The van der Waals surface area contributed by atoms with Gasteiger partial charge in [0.1, 0.15) is 0 Å². The van der Waals surface area contributed by atoms with Gasteiger partial charge in [0, 0.05) is 34.7 Å².